The molecule has 1 aromatic rings. The van der Waals surface area contributed by atoms with Gasteiger partial charge in [-0.05, 0) is 36.1 Å². The van der Waals surface area contributed by atoms with Crippen LogP contribution < -0.4 is 5.32 Å². The molecule has 20 heavy (non-hydrogen) atoms. The van der Waals surface area contributed by atoms with Crippen LogP contribution in [0.15, 0.2) is 22.7 Å². The van der Waals surface area contributed by atoms with Gasteiger partial charge in [-0.25, -0.2) is 4.79 Å². The van der Waals surface area contributed by atoms with Crippen LogP contribution in [-0.2, 0) is 16.0 Å². The number of aryl methyl sites for hydroxylation is 1. The summed E-state index contributed by atoms with van der Waals surface area (Å²) in [4.78, 5) is 22.8. The van der Waals surface area contributed by atoms with Crippen molar-refractivity contribution in [1.82, 2.24) is 5.32 Å². The third kappa shape index (κ3) is 4.85. The highest BCUT2D eigenvalue weighted by atomic mass is 79.9. The molecule has 0 unspecified atom stereocenters. The van der Waals surface area contributed by atoms with E-state index < -0.39 is 12.0 Å². The number of aromatic hydroxyl groups is 1. The largest absolute Gasteiger partial charge is 0.508 e. The standard InChI is InChI=1S/C14H18BrNO4/c1-8(2)13(14(19)20)16-12(18)6-3-9-7-10(15)4-5-11(9)17/h4-5,7-8,13,17H,3,6H2,1-2H3,(H,16,18)(H,19,20)/t13-/m0/s1. The first-order chi connectivity index (χ1) is 9.31. The maximum absolute atomic E-state index is 11.8. The van der Waals surface area contributed by atoms with Crippen molar-refractivity contribution in [2.45, 2.75) is 32.7 Å². The molecule has 0 saturated heterocycles. The second-order valence-corrected chi connectivity index (χ2v) is 5.82. The van der Waals surface area contributed by atoms with Gasteiger partial charge in [0, 0.05) is 10.9 Å². The van der Waals surface area contributed by atoms with Crippen LogP contribution in [0, 0.1) is 5.92 Å². The normalized spacial score (nSPS) is 12.2. The molecule has 0 spiro atoms. The second-order valence-electron chi connectivity index (χ2n) is 4.90. The van der Waals surface area contributed by atoms with Crippen LogP contribution in [-0.4, -0.2) is 28.1 Å². The van der Waals surface area contributed by atoms with E-state index in [0.717, 1.165) is 4.47 Å². The van der Waals surface area contributed by atoms with E-state index in [2.05, 4.69) is 21.2 Å². The summed E-state index contributed by atoms with van der Waals surface area (Å²) in [6.07, 6.45) is 0.474. The van der Waals surface area contributed by atoms with Crippen LogP contribution in [0.3, 0.4) is 0 Å². The highest BCUT2D eigenvalue weighted by Gasteiger charge is 2.23. The van der Waals surface area contributed by atoms with E-state index in [1.165, 1.54) is 0 Å². The summed E-state index contributed by atoms with van der Waals surface area (Å²) in [6.45, 7) is 3.47. The lowest BCUT2D eigenvalue weighted by atomic mass is 10.0. The first-order valence-electron chi connectivity index (χ1n) is 6.30. The Labute approximate surface area is 126 Å². The fourth-order valence-corrected chi connectivity index (χ4v) is 2.17. The summed E-state index contributed by atoms with van der Waals surface area (Å²) in [7, 11) is 0. The molecule has 0 aromatic heterocycles. The van der Waals surface area contributed by atoms with E-state index in [-0.39, 0.29) is 24.0 Å². The van der Waals surface area contributed by atoms with Gasteiger partial charge in [-0.15, -0.1) is 0 Å². The van der Waals surface area contributed by atoms with Crippen LogP contribution in [0.25, 0.3) is 0 Å². The van der Waals surface area contributed by atoms with Crippen LogP contribution in [0.1, 0.15) is 25.8 Å². The highest BCUT2D eigenvalue weighted by molar-refractivity contribution is 9.10. The van der Waals surface area contributed by atoms with Gasteiger partial charge in [-0.2, -0.15) is 0 Å². The SMILES string of the molecule is CC(C)[C@H](NC(=O)CCc1cc(Br)ccc1O)C(=O)O. The molecule has 6 heteroatoms. The molecular weight excluding hydrogens is 326 g/mol. The molecule has 0 fully saturated rings. The zero-order valence-electron chi connectivity index (χ0n) is 11.4. The highest BCUT2D eigenvalue weighted by Crippen LogP contribution is 2.23. The first kappa shape index (κ1) is 16.5. The molecule has 1 rings (SSSR count). The number of halogens is 1. The van der Waals surface area contributed by atoms with Crippen molar-refractivity contribution in [3.63, 3.8) is 0 Å². The first-order valence-corrected chi connectivity index (χ1v) is 7.10. The summed E-state index contributed by atoms with van der Waals surface area (Å²) in [5.74, 6) is -1.44. The van der Waals surface area contributed by atoms with Crippen molar-refractivity contribution >= 4 is 27.8 Å². The lowest BCUT2D eigenvalue weighted by Crippen LogP contribution is -2.44. The molecule has 0 aliphatic rings. The number of carboxylic acids is 1. The van der Waals surface area contributed by atoms with Crippen molar-refractivity contribution < 1.29 is 19.8 Å². The number of phenolic OH excluding ortho intramolecular Hbond substituents is 1. The third-order valence-corrected chi connectivity index (χ3v) is 3.41. The van der Waals surface area contributed by atoms with Crippen molar-refractivity contribution in [2.24, 2.45) is 5.92 Å². The predicted molar refractivity (Wildman–Crippen MR) is 78.5 cm³/mol. The summed E-state index contributed by atoms with van der Waals surface area (Å²) in [5, 5.41) is 21.1. The lowest BCUT2D eigenvalue weighted by molar-refractivity contribution is -0.143. The number of nitrogens with one attached hydrogen (secondary N) is 1. The fourth-order valence-electron chi connectivity index (χ4n) is 1.76. The van der Waals surface area contributed by atoms with Crippen LogP contribution >= 0.6 is 15.9 Å². The number of rotatable bonds is 6. The van der Waals surface area contributed by atoms with Gasteiger partial charge in [-0.3, -0.25) is 4.79 Å². The smallest absolute Gasteiger partial charge is 0.326 e. The average Bonchev–Trinajstić information content (AvgIpc) is 2.36. The molecule has 0 aliphatic carbocycles. The molecule has 3 N–H and O–H groups in total. The average molecular weight is 344 g/mol. The summed E-state index contributed by atoms with van der Waals surface area (Å²) in [5.41, 5.74) is 0.644. The minimum atomic E-state index is -1.04. The van der Waals surface area contributed by atoms with E-state index in [9.17, 15) is 14.7 Å². The van der Waals surface area contributed by atoms with Gasteiger partial charge in [0.25, 0.3) is 0 Å². The minimum absolute atomic E-state index is 0.125. The number of hydrogen-bond donors (Lipinski definition) is 3. The van der Waals surface area contributed by atoms with Crippen molar-refractivity contribution in [1.29, 1.82) is 0 Å². The Hall–Kier alpha value is -1.56. The number of amides is 1. The van der Waals surface area contributed by atoms with Crippen molar-refractivity contribution in [2.75, 3.05) is 0 Å². The number of carbonyl (C=O) groups is 2. The van der Waals surface area contributed by atoms with Crippen LogP contribution in [0.2, 0.25) is 0 Å². The minimum Gasteiger partial charge on any atom is -0.508 e. The quantitative estimate of drug-likeness (QED) is 0.739. The number of aliphatic carboxylic acids is 1. The Balaban J connectivity index is 2.59. The van der Waals surface area contributed by atoms with E-state index in [1.54, 1.807) is 32.0 Å². The number of benzene rings is 1. The Bertz CT molecular complexity index is 502. The molecular formula is C14H18BrNO4. The lowest BCUT2D eigenvalue weighted by Gasteiger charge is -2.17. The fraction of sp³-hybridized carbons (Fsp3) is 0.429. The molecule has 1 atom stereocenters. The van der Waals surface area contributed by atoms with E-state index in [1.807, 2.05) is 0 Å². The Morgan fingerprint density at radius 3 is 2.55 bits per heavy atom. The number of hydrogen-bond acceptors (Lipinski definition) is 3. The molecule has 5 nitrogen and oxygen atoms in total. The van der Waals surface area contributed by atoms with E-state index in [0.29, 0.717) is 12.0 Å². The zero-order chi connectivity index (χ0) is 15.3. The molecule has 0 heterocycles. The Kier molecular flexibility index (Phi) is 6.01. The predicted octanol–water partition coefficient (Wildman–Crippen LogP) is 2.31. The molecule has 1 amide bonds. The Morgan fingerprint density at radius 2 is 2.00 bits per heavy atom. The molecule has 0 aliphatic heterocycles. The van der Waals surface area contributed by atoms with Crippen molar-refractivity contribution in [3.05, 3.63) is 28.2 Å². The topological polar surface area (TPSA) is 86.6 Å². The van der Waals surface area contributed by atoms with E-state index >= 15 is 0 Å². The van der Waals surface area contributed by atoms with Crippen LogP contribution in [0.4, 0.5) is 0 Å². The number of phenols is 1. The van der Waals surface area contributed by atoms with Gasteiger partial charge >= 0.3 is 5.97 Å². The zero-order valence-corrected chi connectivity index (χ0v) is 13.0. The van der Waals surface area contributed by atoms with Gasteiger partial charge in [0.2, 0.25) is 5.91 Å². The Morgan fingerprint density at radius 1 is 1.35 bits per heavy atom. The van der Waals surface area contributed by atoms with Gasteiger partial charge in [0.15, 0.2) is 0 Å². The van der Waals surface area contributed by atoms with Crippen LogP contribution in [0.5, 0.6) is 5.75 Å². The summed E-state index contributed by atoms with van der Waals surface area (Å²) in [6, 6.07) is 4.10. The van der Waals surface area contributed by atoms with Gasteiger partial charge in [0.1, 0.15) is 11.8 Å². The van der Waals surface area contributed by atoms with Gasteiger partial charge in [0.05, 0.1) is 0 Å². The molecule has 0 radical (unpaired) electrons. The third-order valence-electron chi connectivity index (χ3n) is 2.91. The monoisotopic (exact) mass is 343 g/mol. The second kappa shape index (κ2) is 7.28. The molecule has 0 bridgehead atoms. The maximum Gasteiger partial charge on any atom is 0.326 e. The van der Waals surface area contributed by atoms with E-state index in [4.69, 9.17) is 5.11 Å². The summed E-state index contributed by atoms with van der Waals surface area (Å²) >= 11 is 3.29. The number of carbonyl (C=O) groups excluding carboxylic acids is 1. The maximum atomic E-state index is 11.8. The molecule has 1 aromatic carbocycles. The number of carboxylic acid groups (broad SMARTS) is 1. The van der Waals surface area contributed by atoms with Gasteiger partial charge in [-0.1, -0.05) is 29.8 Å². The van der Waals surface area contributed by atoms with Crippen molar-refractivity contribution in [3.8, 4) is 5.75 Å². The van der Waals surface area contributed by atoms with Gasteiger partial charge < -0.3 is 15.5 Å². The molecule has 0 saturated carbocycles. The summed E-state index contributed by atoms with van der Waals surface area (Å²) < 4.78 is 0.816. The molecule has 110 valence electrons.